The molecular weight excluding hydrogens is 232 g/mol. The lowest BCUT2D eigenvalue weighted by molar-refractivity contribution is 0.341. The summed E-state index contributed by atoms with van der Waals surface area (Å²) in [5.74, 6) is 0.933. The number of ether oxygens (including phenoxy) is 1. The van der Waals surface area contributed by atoms with Gasteiger partial charge in [0.2, 0.25) is 0 Å². The first-order valence-electron chi connectivity index (χ1n) is 6.59. The monoisotopic (exact) mass is 248 g/mol. The Kier molecular flexibility index (Phi) is 3.20. The number of benzene rings is 3. The smallest absolute Gasteiger partial charge is 0.119 e. The van der Waals surface area contributed by atoms with E-state index in [1.165, 1.54) is 21.9 Å². The Hall–Kier alpha value is -2.28. The zero-order valence-electron chi connectivity index (χ0n) is 11.0. The molecule has 0 heterocycles. The lowest BCUT2D eigenvalue weighted by atomic mass is 10.0. The first-order valence-corrected chi connectivity index (χ1v) is 6.59. The van der Waals surface area contributed by atoms with Gasteiger partial charge < -0.3 is 4.74 Å². The molecule has 0 fully saturated rings. The van der Waals surface area contributed by atoms with E-state index in [4.69, 9.17) is 4.74 Å². The molecule has 0 saturated heterocycles. The van der Waals surface area contributed by atoms with Crippen LogP contribution in [0, 0.1) is 0 Å². The fourth-order valence-corrected chi connectivity index (χ4v) is 2.29. The maximum Gasteiger partial charge on any atom is 0.119 e. The molecule has 0 bridgehead atoms. The molecule has 94 valence electrons. The van der Waals surface area contributed by atoms with Crippen LogP contribution < -0.4 is 4.74 Å². The predicted octanol–water partition coefficient (Wildman–Crippen LogP) is 4.91. The molecule has 0 spiro atoms. The minimum absolute atomic E-state index is 0.702. The summed E-state index contributed by atoms with van der Waals surface area (Å²) in [6.45, 7) is 2.70. The molecular formula is C18H16O. The molecule has 0 aliphatic rings. The van der Waals surface area contributed by atoms with Gasteiger partial charge in [-0.25, -0.2) is 0 Å². The van der Waals surface area contributed by atoms with Crippen molar-refractivity contribution in [3.05, 3.63) is 66.7 Å². The van der Waals surface area contributed by atoms with E-state index >= 15 is 0 Å². The zero-order valence-corrected chi connectivity index (χ0v) is 11.0. The van der Waals surface area contributed by atoms with E-state index in [0.717, 1.165) is 5.75 Å². The minimum Gasteiger partial charge on any atom is -0.494 e. The summed E-state index contributed by atoms with van der Waals surface area (Å²) in [4.78, 5) is 0. The third-order valence-corrected chi connectivity index (χ3v) is 3.23. The Morgan fingerprint density at radius 1 is 0.737 bits per heavy atom. The van der Waals surface area contributed by atoms with Crippen molar-refractivity contribution >= 4 is 10.8 Å². The van der Waals surface area contributed by atoms with E-state index in [1.807, 2.05) is 19.1 Å². The summed E-state index contributed by atoms with van der Waals surface area (Å²) in [5.41, 5.74) is 2.50. The van der Waals surface area contributed by atoms with Crippen molar-refractivity contribution in [2.24, 2.45) is 0 Å². The zero-order chi connectivity index (χ0) is 13.1. The molecule has 0 amide bonds. The molecule has 1 heteroatoms. The molecule has 19 heavy (non-hydrogen) atoms. The Morgan fingerprint density at radius 2 is 1.47 bits per heavy atom. The van der Waals surface area contributed by atoms with Crippen molar-refractivity contribution in [2.45, 2.75) is 6.92 Å². The number of rotatable bonds is 3. The van der Waals surface area contributed by atoms with Crippen LogP contribution in [-0.2, 0) is 0 Å². The van der Waals surface area contributed by atoms with Crippen molar-refractivity contribution in [2.75, 3.05) is 6.61 Å². The predicted molar refractivity (Wildman–Crippen MR) is 80.6 cm³/mol. The molecule has 3 aromatic carbocycles. The van der Waals surface area contributed by atoms with Crippen LogP contribution in [-0.4, -0.2) is 6.61 Å². The Labute approximate surface area is 113 Å². The van der Waals surface area contributed by atoms with E-state index in [0.29, 0.717) is 6.61 Å². The standard InChI is InChI=1S/C18H16O/c1-2-19-18-11-10-16-12-15(8-9-17(16)13-18)14-6-4-3-5-7-14/h3-13H,2H2,1H3. The Balaban J connectivity index is 2.05. The molecule has 0 radical (unpaired) electrons. The largest absolute Gasteiger partial charge is 0.494 e. The van der Waals surface area contributed by atoms with E-state index in [-0.39, 0.29) is 0 Å². The van der Waals surface area contributed by atoms with Gasteiger partial charge in [-0.15, -0.1) is 0 Å². The van der Waals surface area contributed by atoms with Crippen LogP contribution in [0.3, 0.4) is 0 Å². The van der Waals surface area contributed by atoms with Crippen LogP contribution in [0.5, 0.6) is 5.75 Å². The van der Waals surface area contributed by atoms with Gasteiger partial charge in [0, 0.05) is 0 Å². The summed E-state index contributed by atoms with van der Waals surface area (Å²) in [6.07, 6.45) is 0. The average Bonchev–Trinajstić information content (AvgIpc) is 2.48. The van der Waals surface area contributed by atoms with Crippen LogP contribution in [0.25, 0.3) is 21.9 Å². The number of hydrogen-bond donors (Lipinski definition) is 0. The van der Waals surface area contributed by atoms with Crippen LogP contribution in [0.1, 0.15) is 6.92 Å². The third-order valence-electron chi connectivity index (χ3n) is 3.23. The molecule has 0 aliphatic carbocycles. The molecule has 3 rings (SSSR count). The summed E-state index contributed by atoms with van der Waals surface area (Å²) >= 11 is 0. The first-order chi connectivity index (χ1) is 9.36. The van der Waals surface area contributed by atoms with Crippen LogP contribution in [0.2, 0.25) is 0 Å². The highest BCUT2D eigenvalue weighted by atomic mass is 16.5. The maximum absolute atomic E-state index is 5.53. The van der Waals surface area contributed by atoms with Gasteiger partial charge in [0.15, 0.2) is 0 Å². The topological polar surface area (TPSA) is 9.23 Å². The summed E-state index contributed by atoms with van der Waals surface area (Å²) in [7, 11) is 0. The van der Waals surface area contributed by atoms with Crippen molar-refractivity contribution in [3.8, 4) is 16.9 Å². The van der Waals surface area contributed by atoms with Crippen molar-refractivity contribution in [1.82, 2.24) is 0 Å². The molecule has 0 saturated carbocycles. The minimum atomic E-state index is 0.702. The van der Waals surface area contributed by atoms with Crippen LogP contribution in [0.15, 0.2) is 66.7 Å². The summed E-state index contributed by atoms with van der Waals surface area (Å²) < 4.78 is 5.53. The van der Waals surface area contributed by atoms with Crippen molar-refractivity contribution in [3.63, 3.8) is 0 Å². The number of hydrogen-bond acceptors (Lipinski definition) is 1. The highest BCUT2D eigenvalue weighted by Crippen LogP contribution is 2.26. The lowest BCUT2D eigenvalue weighted by Gasteiger charge is -2.07. The fourth-order valence-electron chi connectivity index (χ4n) is 2.29. The second kappa shape index (κ2) is 5.15. The highest BCUT2D eigenvalue weighted by Gasteiger charge is 2.00. The van der Waals surface area contributed by atoms with Gasteiger partial charge in [-0.3, -0.25) is 0 Å². The van der Waals surface area contributed by atoms with Gasteiger partial charge >= 0.3 is 0 Å². The summed E-state index contributed by atoms with van der Waals surface area (Å²) in [6, 6.07) is 23.2. The molecule has 0 aromatic heterocycles. The van der Waals surface area contributed by atoms with E-state index in [1.54, 1.807) is 0 Å². The summed E-state index contributed by atoms with van der Waals surface area (Å²) in [5, 5.41) is 2.45. The quantitative estimate of drug-likeness (QED) is 0.640. The second-order valence-electron chi connectivity index (χ2n) is 4.52. The maximum atomic E-state index is 5.53. The molecule has 1 nitrogen and oxygen atoms in total. The van der Waals surface area contributed by atoms with Gasteiger partial charge in [0.05, 0.1) is 6.61 Å². The van der Waals surface area contributed by atoms with Gasteiger partial charge in [-0.2, -0.15) is 0 Å². The molecule has 3 aromatic rings. The molecule has 0 aliphatic heterocycles. The number of fused-ring (bicyclic) bond motifs is 1. The molecule has 0 atom stereocenters. The third kappa shape index (κ3) is 2.45. The lowest BCUT2D eigenvalue weighted by Crippen LogP contribution is -1.90. The van der Waals surface area contributed by atoms with Gasteiger partial charge in [-0.1, -0.05) is 48.5 Å². The normalized spacial score (nSPS) is 10.6. The van der Waals surface area contributed by atoms with Crippen LogP contribution >= 0.6 is 0 Å². The molecule has 0 unspecified atom stereocenters. The Morgan fingerprint density at radius 3 is 2.26 bits per heavy atom. The average molecular weight is 248 g/mol. The van der Waals surface area contributed by atoms with Crippen molar-refractivity contribution < 1.29 is 4.74 Å². The fraction of sp³-hybridized carbons (Fsp3) is 0.111. The van der Waals surface area contributed by atoms with E-state index < -0.39 is 0 Å². The highest BCUT2D eigenvalue weighted by molar-refractivity contribution is 5.88. The molecule has 0 N–H and O–H groups in total. The first kappa shape index (κ1) is 11.8. The van der Waals surface area contributed by atoms with Gasteiger partial charge in [-0.05, 0) is 47.0 Å². The van der Waals surface area contributed by atoms with Gasteiger partial charge in [0.1, 0.15) is 5.75 Å². The SMILES string of the molecule is CCOc1ccc2cc(-c3ccccc3)ccc2c1. The Bertz CT molecular complexity index is 686. The van der Waals surface area contributed by atoms with E-state index in [2.05, 4.69) is 54.6 Å². The van der Waals surface area contributed by atoms with E-state index in [9.17, 15) is 0 Å². The van der Waals surface area contributed by atoms with Gasteiger partial charge in [0.25, 0.3) is 0 Å². The second-order valence-corrected chi connectivity index (χ2v) is 4.52. The van der Waals surface area contributed by atoms with Crippen molar-refractivity contribution in [1.29, 1.82) is 0 Å². The van der Waals surface area contributed by atoms with Crippen LogP contribution in [0.4, 0.5) is 0 Å².